The Hall–Kier alpha value is -0.374. The number of hydrogen-bond acceptors (Lipinski definition) is 14. The van der Waals surface area contributed by atoms with Gasteiger partial charge in [0.25, 0.3) is 0 Å². The van der Waals surface area contributed by atoms with Crippen molar-refractivity contribution in [2.75, 3.05) is 6.26 Å². The van der Waals surface area contributed by atoms with Crippen molar-refractivity contribution in [2.45, 2.75) is 16.5 Å². The van der Waals surface area contributed by atoms with E-state index in [2.05, 4.69) is 29.9 Å². The Kier molecular flexibility index (Phi) is 36.1. The smallest absolute Gasteiger partial charge is 0.741 e. The Morgan fingerprint density at radius 1 is 0.583 bits per heavy atom. The third-order valence-corrected chi connectivity index (χ3v) is 4.42. The van der Waals surface area contributed by atoms with E-state index in [1.54, 1.807) is 0 Å². The fourth-order valence-electron chi connectivity index (χ4n) is 0.384. The van der Waals surface area contributed by atoms with Gasteiger partial charge in [-0.15, -0.1) is 0 Å². The second-order valence-electron chi connectivity index (χ2n) is 3.96. The molecule has 1 rings (SSSR count). The van der Waals surface area contributed by atoms with Crippen LogP contribution in [-0.2, 0) is 61.0 Å². The molecule has 1 heterocycles. The Morgan fingerprint density at radius 3 is 0.778 bits per heavy atom. The van der Waals surface area contributed by atoms with Gasteiger partial charge in [0.05, 0.1) is 0 Å². The summed E-state index contributed by atoms with van der Waals surface area (Å²) in [6, 6.07) is 0. The van der Waals surface area contributed by atoms with Crippen LogP contribution >= 0.6 is 0 Å². The summed E-state index contributed by atoms with van der Waals surface area (Å²) in [4.78, 5) is 0. The van der Waals surface area contributed by atoms with Crippen molar-refractivity contribution in [3.8, 4) is 0 Å². The van der Waals surface area contributed by atoms with E-state index >= 15 is 0 Å². The van der Waals surface area contributed by atoms with Crippen LogP contribution in [0.3, 0.4) is 0 Å². The Balaban J connectivity index is -0.0000000366. The molecule has 0 saturated carbocycles. The molecule has 28 heteroatoms. The zero-order valence-electron chi connectivity index (χ0n) is 17.4. The molecular formula is C8H22F9N5O9OsS4. The van der Waals surface area contributed by atoms with Crippen LogP contribution in [-0.4, -0.2) is 61.7 Å². The second-order valence-corrected chi connectivity index (χ2v) is 9.84. The van der Waals surface area contributed by atoms with Crippen LogP contribution in [0.2, 0.25) is 0 Å². The van der Waals surface area contributed by atoms with Crippen LogP contribution in [0.1, 0.15) is 0 Å². The molecule has 1 aliphatic heterocycles. The van der Waals surface area contributed by atoms with E-state index in [9.17, 15) is 39.5 Å². The van der Waals surface area contributed by atoms with Crippen LogP contribution < -0.4 is 30.8 Å². The minimum absolute atomic E-state index is 0. The molecule has 0 saturated heterocycles. The van der Waals surface area contributed by atoms with Crippen LogP contribution in [0.4, 0.5) is 39.5 Å². The molecule has 0 aromatic heterocycles. The largest absolute Gasteiger partial charge is 2.00 e. The molecule has 0 bridgehead atoms. The predicted molar refractivity (Wildman–Crippen MR) is 103 cm³/mol. The van der Waals surface area contributed by atoms with Gasteiger partial charge in [0.1, 0.15) is 11.7 Å². The Morgan fingerprint density at radius 2 is 0.750 bits per heavy atom. The molecule has 0 fully saturated rings. The summed E-state index contributed by atoms with van der Waals surface area (Å²) in [5, 5.41) is 2.19. The quantitative estimate of drug-likeness (QED) is 0.101. The predicted octanol–water partition coefficient (Wildman–Crippen LogP) is 2.09. The summed E-state index contributed by atoms with van der Waals surface area (Å²) in [6.45, 7) is 0. The molecule has 2 radical (unpaired) electrons. The molecule has 14 nitrogen and oxygen atoms in total. The number of allylic oxidation sites excluding steroid dienone is 1. The van der Waals surface area contributed by atoms with Crippen LogP contribution in [0.25, 0.3) is 0 Å². The van der Waals surface area contributed by atoms with E-state index in [4.69, 9.17) is 38.9 Å². The first-order chi connectivity index (χ1) is 12.6. The summed E-state index contributed by atoms with van der Waals surface area (Å²) in [6.07, 6.45) is 6.37. The maximum absolute atomic E-state index is 10.7. The average molecular weight is 822 g/mol. The molecule has 36 heavy (non-hydrogen) atoms. The summed E-state index contributed by atoms with van der Waals surface area (Å²) < 4.78 is 177. The maximum Gasteiger partial charge on any atom is 2.00 e. The van der Waals surface area contributed by atoms with E-state index in [-0.39, 0.29) is 50.5 Å². The summed E-state index contributed by atoms with van der Waals surface area (Å²) in [5.74, 6) is 2.19. The van der Waals surface area contributed by atoms with Crippen molar-refractivity contribution in [3.63, 3.8) is 0 Å². The topological polar surface area (TPSA) is 347 Å². The van der Waals surface area contributed by atoms with E-state index in [1.807, 2.05) is 0 Å². The van der Waals surface area contributed by atoms with E-state index in [1.165, 1.54) is 0 Å². The fourth-order valence-corrected chi connectivity index (χ4v) is 1.15. The van der Waals surface area contributed by atoms with E-state index < -0.39 is 46.9 Å². The van der Waals surface area contributed by atoms with Crippen molar-refractivity contribution in [2.24, 2.45) is 0 Å². The molecular weight excluding hydrogens is 800 g/mol. The zero-order chi connectivity index (χ0) is 25.4. The first-order valence-corrected chi connectivity index (χ1v) is 11.7. The van der Waals surface area contributed by atoms with Crippen LogP contribution in [0, 0.1) is 12.2 Å². The van der Waals surface area contributed by atoms with Gasteiger partial charge in [0.15, 0.2) is 36.1 Å². The number of hydrogen-bond donors (Lipinski definition) is 5. The third-order valence-electron chi connectivity index (χ3n) is 1.55. The molecule has 1 unspecified atom stereocenters. The number of alkyl halides is 9. The van der Waals surface area contributed by atoms with Gasteiger partial charge < -0.3 is 44.4 Å². The SMILES string of the molecule is C[S+]1[CH][CH]C=C1.N.N.N.N.N.O=S(=O)([O-])C(F)(F)F.O=S(=O)([O-])C(F)(F)F.O=S(=O)([O-])C(F)(F)F.[Os+2]. The number of halogens is 9. The molecule has 1 aliphatic rings. The third kappa shape index (κ3) is 31.7. The molecule has 0 spiro atoms. The van der Waals surface area contributed by atoms with E-state index in [0.29, 0.717) is 10.9 Å². The second kappa shape index (κ2) is 21.5. The maximum atomic E-state index is 10.7. The minimum atomic E-state index is -6.09. The average Bonchev–Trinajstić information content (AvgIpc) is 2.84. The van der Waals surface area contributed by atoms with Gasteiger partial charge in [-0.2, -0.15) is 39.5 Å². The molecule has 0 aliphatic carbocycles. The molecule has 0 aromatic carbocycles. The molecule has 0 aromatic rings. The number of rotatable bonds is 0. The fraction of sp³-hybridized carbons (Fsp3) is 0.500. The Labute approximate surface area is 216 Å². The molecule has 0 amide bonds. The van der Waals surface area contributed by atoms with Crippen molar-refractivity contribution >= 4 is 41.2 Å². The first-order valence-electron chi connectivity index (χ1n) is 5.69. The summed E-state index contributed by atoms with van der Waals surface area (Å²) in [7, 11) is -17.8. The summed E-state index contributed by atoms with van der Waals surface area (Å²) in [5.41, 5.74) is -16.9. The van der Waals surface area contributed by atoms with Crippen molar-refractivity contribution < 1.29 is 98.2 Å². The minimum Gasteiger partial charge on any atom is -0.741 e. The van der Waals surface area contributed by atoms with Gasteiger partial charge in [-0.05, 0) is 6.08 Å². The molecule has 15 N–H and O–H groups in total. The van der Waals surface area contributed by atoms with Crippen molar-refractivity contribution in [1.82, 2.24) is 30.8 Å². The van der Waals surface area contributed by atoms with Gasteiger partial charge in [-0.1, -0.05) is 0 Å². The van der Waals surface area contributed by atoms with Gasteiger partial charge in [-0.3, -0.25) is 0 Å². The van der Waals surface area contributed by atoms with Crippen molar-refractivity contribution in [1.29, 1.82) is 0 Å². The van der Waals surface area contributed by atoms with Crippen LogP contribution in [0.5, 0.6) is 0 Å². The molecule has 228 valence electrons. The van der Waals surface area contributed by atoms with Gasteiger partial charge in [0.2, 0.25) is 0 Å². The Bertz CT molecular complexity index is 779. The monoisotopic (exact) mass is 823 g/mol. The normalized spacial score (nSPS) is 14.6. The molecule has 1 atom stereocenters. The van der Waals surface area contributed by atoms with Crippen LogP contribution in [0.15, 0.2) is 11.5 Å². The van der Waals surface area contributed by atoms with E-state index in [0.717, 1.165) is 0 Å². The van der Waals surface area contributed by atoms with Gasteiger partial charge in [-0.25, -0.2) is 25.3 Å². The summed E-state index contributed by atoms with van der Waals surface area (Å²) >= 11 is 0. The van der Waals surface area contributed by atoms with Gasteiger partial charge in [0, 0.05) is 17.3 Å². The standard InChI is InChI=1S/C5H7S.3CHF3O3S.5H3N.Os/c1-6-4-2-3-5-6;3*2-1(3,4)8(5,6)7;;;;;;/h2-5H,1H3;3*(H,5,6,7);5*1H3;/q+1;;;;;;;;;+2/p-3. The van der Waals surface area contributed by atoms with Crippen molar-refractivity contribution in [3.05, 3.63) is 23.7 Å². The van der Waals surface area contributed by atoms with Gasteiger partial charge >= 0.3 is 36.3 Å². The zero-order valence-corrected chi connectivity index (χ0v) is 23.2. The first kappa shape index (κ1) is 60.3.